The van der Waals surface area contributed by atoms with Gasteiger partial charge in [-0.2, -0.15) is 0 Å². The number of nitrogens with zero attached hydrogens (tertiary/aromatic N) is 1. The average Bonchev–Trinajstić information content (AvgIpc) is 3.17. The van der Waals surface area contributed by atoms with E-state index in [-0.39, 0.29) is 12.3 Å². The van der Waals surface area contributed by atoms with Crippen LogP contribution >= 0.6 is 11.3 Å². The lowest BCUT2D eigenvalue weighted by atomic mass is 10.1. The number of carbonyl (C=O) groups is 2. The van der Waals surface area contributed by atoms with E-state index in [0.717, 1.165) is 10.6 Å². The highest BCUT2D eigenvalue weighted by molar-refractivity contribution is 7.14. The van der Waals surface area contributed by atoms with Gasteiger partial charge in [-0.15, -0.1) is 11.3 Å². The van der Waals surface area contributed by atoms with Gasteiger partial charge in [0.2, 0.25) is 0 Å². The van der Waals surface area contributed by atoms with E-state index in [9.17, 15) is 9.59 Å². The number of ether oxygens (including phenoxy) is 2. The number of aliphatic carboxylic acids is 1. The largest absolute Gasteiger partial charge is 0.481 e. The Labute approximate surface area is 163 Å². The van der Waals surface area contributed by atoms with Crippen LogP contribution in [0.4, 0.5) is 5.00 Å². The summed E-state index contributed by atoms with van der Waals surface area (Å²) >= 11 is 1.51. The number of benzene rings is 1. The van der Waals surface area contributed by atoms with Crippen LogP contribution in [0.3, 0.4) is 0 Å². The van der Waals surface area contributed by atoms with E-state index in [4.69, 9.17) is 14.6 Å². The van der Waals surface area contributed by atoms with Gasteiger partial charge < -0.3 is 19.5 Å². The van der Waals surface area contributed by atoms with Gasteiger partial charge in [-0.05, 0) is 56.0 Å². The summed E-state index contributed by atoms with van der Waals surface area (Å²) in [5, 5.41) is 12.0. The Kier molecular flexibility index (Phi) is 7.82. The van der Waals surface area contributed by atoms with Gasteiger partial charge in [0.25, 0.3) is 5.91 Å². The van der Waals surface area contributed by atoms with E-state index in [1.54, 1.807) is 43.0 Å². The van der Waals surface area contributed by atoms with Crippen molar-refractivity contribution in [3.63, 3.8) is 0 Å². The molecule has 2 rings (SSSR count). The molecule has 1 aromatic heterocycles. The number of anilines is 1. The van der Waals surface area contributed by atoms with Crippen molar-refractivity contribution in [2.75, 3.05) is 18.1 Å². The first kappa shape index (κ1) is 20.9. The molecule has 1 amide bonds. The van der Waals surface area contributed by atoms with Gasteiger partial charge in [0.05, 0.1) is 5.00 Å². The van der Waals surface area contributed by atoms with Gasteiger partial charge in [-0.25, -0.2) is 4.79 Å². The summed E-state index contributed by atoms with van der Waals surface area (Å²) in [5.74, 6) is -0.527. The van der Waals surface area contributed by atoms with Crippen molar-refractivity contribution >= 4 is 28.2 Å². The van der Waals surface area contributed by atoms with Crippen molar-refractivity contribution < 1.29 is 24.2 Å². The molecule has 0 bridgehead atoms. The lowest BCUT2D eigenvalue weighted by Crippen LogP contribution is -2.40. The van der Waals surface area contributed by atoms with Gasteiger partial charge in [0.15, 0.2) is 12.2 Å². The zero-order chi connectivity index (χ0) is 19.8. The van der Waals surface area contributed by atoms with Crippen LogP contribution in [0.2, 0.25) is 0 Å². The van der Waals surface area contributed by atoms with Gasteiger partial charge in [0, 0.05) is 19.6 Å². The molecule has 7 heteroatoms. The van der Waals surface area contributed by atoms with Crippen LogP contribution in [0, 0.1) is 0 Å². The molecule has 0 aliphatic heterocycles. The molecule has 6 nitrogen and oxygen atoms in total. The van der Waals surface area contributed by atoms with Gasteiger partial charge in [0.1, 0.15) is 5.75 Å². The molecule has 0 saturated heterocycles. The first-order valence-corrected chi connectivity index (χ1v) is 9.79. The van der Waals surface area contributed by atoms with Crippen LogP contribution < -0.4 is 9.64 Å². The van der Waals surface area contributed by atoms with Crippen molar-refractivity contribution in [3.8, 4) is 5.75 Å². The van der Waals surface area contributed by atoms with E-state index in [0.29, 0.717) is 18.9 Å². The number of hydrogen-bond donors (Lipinski definition) is 1. The van der Waals surface area contributed by atoms with E-state index in [1.165, 1.54) is 11.3 Å². The molecule has 2 aromatic rings. The predicted octanol–water partition coefficient (Wildman–Crippen LogP) is 3.60. The molecule has 0 aliphatic carbocycles. The Balaban J connectivity index is 1.98. The SMILES string of the molecule is CCOC(Cc1ccc(OC(C)C(=O)N(CC)c2cccs2)cc1)C(=O)O. The van der Waals surface area contributed by atoms with Crippen molar-refractivity contribution in [1.82, 2.24) is 0 Å². The maximum Gasteiger partial charge on any atom is 0.333 e. The summed E-state index contributed by atoms with van der Waals surface area (Å²) in [7, 11) is 0. The van der Waals surface area contributed by atoms with Crippen molar-refractivity contribution in [2.24, 2.45) is 0 Å². The van der Waals surface area contributed by atoms with E-state index in [1.807, 2.05) is 24.4 Å². The van der Waals surface area contributed by atoms with Crippen LogP contribution in [-0.2, 0) is 20.7 Å². The Hall–Kier alpha value is -2.38. The van der Waals surface area contributed by atoms with Crippen LogP contribution in [-0.4, -0.2) is 42.3 Å². The molecule has 0 spiro atoms. The Morgan fingerprint density at radius 2 is 1.89 bits per heavy atom. The summed E-state index contributed by atoms with van der Waals surface area (Å²) in [6, 6.07) is 10.9. The highest BCUT2D eigenvalue weighted by Crippen LogP contribution is 2.23. The summed E-state index contributed by atoms with van der Waals surface area (Å²) in [6.45, 7) is 6.33. The van der Waals surface area contributed by atoms with Crippen LogP contribution in [0.1, 0.15) is 26.3 Å². The number of carbonyl (C=O) groups excluding carboxylic acids is 1. The second kappa shape index (κ2) is 10.1. The molecule has 2 atom stereocenters. The zero-order valence-corrected chi connectivity index (χ0v) is 16.6. The number of carboxylic acid groups (broad SMARTS) is 1. The standard InChI is InChI=1S/C20H25NO5S/c1-4-21(18-7-6-12-27-18)19(22)14(3)26-16-10-8-15(9-11-16)13-17(20(23)24)25-5-2/h6-12,14,17H,4-5,13H2,1-3H3,(H,23,24). The molecule has 27 heavy (non-hydrogen) atoms. The minimum absolute atomic E-state index is 0.105. The fourth-order valence-corrected chi connectivity index (χ4v) is 3.45. The number of rotatable bonds is 10. The number of amides is 1. The monoisotopic (exact) mass is 391 g/mol. The van der Waals surface area contributed by atoms with Gasteiger partial charge in [-0.1, -0.05) is 12.1 Å². The van der Waals surface area contributed by atoms with Crippen LogP contribution in [0.15, 0.2) is 41.8 Å². The van der Waals surface area contributed by atoms with E-state index in [2.05, 4.69) is 0 Å². The molecule has 0 fully saturated rings. The molecule has 0 radical (unpaired) electrons. The lowest BCUT2D eigenvalue weighted by Gasteiger charge is -2.23. The summed E-state index contributed by atoms with van der Waals surface area (Å²) < 4.78 is 11.0. The molecule has 2 unspecified atom stereocenters. The molecular weight excluding hydrogens is 366 g/mol. The maximum atomic E-state index is 12.7. The van der Waals surface area contributed by atoms with Crippen molar-refractivity contribution in [2.45, 2.75) is 39.4 Å². The average molecular weight is 391 g/mol. The lowest BCUT2D eigenvalue weighted by molar-refractivity contribution is -0.149. The Morgan fingerprint density at radius 3 is 2.41 bits per heavy atom. The quantitative estimate of drug-likeness (QED) is 0.670. The second-order valence-corrected chi connectivity index (χ2v) is 6.85. The number of likely N-dealkylation sites (N-methyl/N-ethyl adjacent to an activating group) is 1. The molecule has 1 heterocycles. The van der Waals surface area contributed by atoms with Crippen molar-refractivity contribution in [3.05, 3.63) is 47.3 Å². The third-order valence-corrected chi connectivity index (χ3v) is 4.89. The number of thiophene rings is 1. The Bertz CT molecular complexity index is 729. The smallest absolute Gasteiger partial charge is 0.333 e. The van der Waals surface area contributed by atoms with Gasteiger partial charge in [-0.3, -0.25) is 4.79 Å². The normalized spacial score (nSPS) is 13.0. The maximum absolute atomic E-state index is 12.7. The second-order valence-electron chi connectivity index (χ2n) is 5.92. The van der Waals surface area contributed by atoms with E-state index >= 15 is 0 Å². The number of hydrogen-bond acceptors (Lipinski definition) is 5. The molecule has 146 valence electrons. The highest BCUT2D eigenvalue weighted by Gasteiger charge is 2.23. The third-order valence-electron chi connectivity index (χ3n) is 4.00. The topological polar surface area (TPSA) is 76.1 Å². The minimum atomic E-state index is -0.982. The minimum Gasteiger partial charge on any atom is -0.481 e. The predicted molar refractivity (Wildman–Crippen MR) is 106 cm³/mol. The first-order chi connectivity index (χ1) is 13.0. The van der Waals surface area contributed by atoms with Gasteiger partial charge >= 0.3 is 5.97 Å². The Morgan fingerprint density at radius 1 is 1.19 bits per heavy atom. The fraction of sp³-hybridized carbons (Fsp3) is 0.400. The van der Waals surface area contributed by atoms with Crippen LogP contribution in [0.25, 0.3) is 0 Å². The first-order valence-electron chi connectivity index (χ1n) is 8.91. The van der Waals surface area contributed by atoms with Crippen molar-refractivity contribution in [1.29, 1.82) is 0 Å². The van der Waals surface area contributed by atoms with E-state index < -0.39 is 18.2 Å². The number of carboxylic acids is 1. The summed E-state index contributed by atoms with van der Waals surface area (Å²) in [6.07, 6.45) is -1.22. The molecule has 0 saturated carbocycles. The summed E-state index contributed by atoms with van der Waals surface area (Å²) in [4.78, 5) is 25.5. The molecule has 0 aliphatic rings. The molecule has 1 N–H and O–H groups in total. The molecule has 1 aromatic carbocycles. The van der Waals surface area contributed by atoms with Crippen LogP contribution in [0.5, 0.6) is 5.75 Å². The fourth-order valence-electron chi connectivity index (χ4n) is 2.65. The highest BCUT2D eigenvalue weighted by atomic mass is 32.1. The third kappa shape index (κ3) is 5.80. The molecular formula is C20H25NO5S. The zero-order valence-electron chi connectivity index (χ0n) is 15.8. The summed E-state index contributed by atoms with van der Waals surface area (Å²) in [5.41, 5.74) is 0.830.